The van der Waals surface area contributed by atoms with Gasteiger partial charge in [0.2, 0.25) is 0 Å². The molecule has 0 radical (unpaired) electrons. The van der Waals surface area contributed by atoms with Crippen LogP contribution in [0.15, 0.2) is 30.6 Å². The van der Waals surface area contributed by atoms with E-state index in [-0.39, 0.29) is 0 Å². The maximum absolute atomic E-state index is 4.28. The molecular formula is C13H19N3. The number of fused-ring (bicyclic) bond motifs is 1. The van der Waals surface area contributed by atoms with Gasteiger partial charge in [-0.2, -0.15) is 0 Å². The van der Waals surface area contributed by atoms with Crippen molar-refractivity contribution < 1.29 is 0 Å². The molecule has 2 aromatic heterocycles. The third-order valence-electron chi connectivity index (χ3n) is 3.12. The van der Waals surface area contributed by atoms with Crippen molar-refractivity contribution in [3.05, 3.63) is 36.3 Å². The minimum atomic E-state index is 0.527. The normalized spacial score (nSPS) is 13.5. The average molecular weight is 217 g/mol. The molecule has 0 bridgehead atoms. The Bertz CT molecular complexity index is 459. The molecule has 2 aromatic rings. The lowest BCUT2D eigenvalue weighted by atomic mass is 10.1. The van der Waals surface area contributed by atoms with Gasteiger partial charge >= 0.3 is 0 Å². The van der Waals surface area contributed by atoms with E-state index in [0.717, 1.165) is 12.2 Å². The number of rotatable bonds is 4. The van der Waals surface area contributed by atoms with E-state index in [4.69, 9.17) is 0 Å². The van der Waals surface area contributed by atoms with Crippen LogP contribution in [-0.4, -0.2) is 15.4 Å². The van der Waals surface area contributed by atoms with E-state index in [1.807, 2.05) is 18.5 Å². The summed E-state index contributed by atoms with van der Waals surface area (Å²) in [6.07, 6.45) is 3.84. The zero-order valence-corrected chi connectivity index (χ0v) is 10.1. The summed E-state index contributed by atoms with van der Waals surface area (Å²) in [6.45, 7) is 7.57. The lowest BCUT2D eigenvalue weighted by Gasteiger charge is -2.17. The van der Waals surface area contributed by atoms with Gasteiger partial charge in [-0.05, 0) is 25.0 Å². The van der Waals surface area contributed by atoms with Crippen LogP contribution in [0.3, 0.4) is 0 Å². The number of nitrogens with zero attached hydrogens (tertiary/aromatic N) is 2. The van der Waals surface area contributed by atoms with Crippen molar-refractivity contribution in [2.24, 2.45) is 5.92 Å². The quantitative estimate of drug-likeness (QED) is 0.852. The highest BCUT2D eigenvalue weighted by atomic mass is 15.0. The molecule has 3 nitrogen and oxygen atoms in total. The molecule has 0 aliphatic carbocycles. The summed E-state index contributed by atoms with van der Waals surface area (Å²) in [7, 11) is 0. The highest BCUT2D eigenvalue weighted by Crippen LogP contribution is 2.07. The molecule has 0 fully saturated rings. The van der Waals surface area contributed by atoms with Gasteiger partial charge in [-0.1, -0.05) is 19.9 Å². The molecule has 1 atom stereocenters. The first-order valence-corrected chi connectivity index (χ1v) is 5.83. The predicted molar refractivity (Wildman–Crippen MR) is 66.3 cm³/mol. The molecule has 1 unspecified atom stereocenters. The molecule has 0 spiro atoms. The summed E-state index contributed by atoms with van der Waals surface area (Å²) in [5, 5.41) is 3.53. The number of imidazole rings is 1. The Morgan fingerprint density at radius 2 is 2.12 bits per heavy atom. The molecule has 2 heterocycles. The molecule has 0 saturated carbocycles. The molecule has 0 aliphatic rings. The van der Waals surface area contributed by atoms with E-state index in [2.05, 4.69) is 47.6 Å². The molecule has 86 valence electrons. The summed E-state index contributed by atoms with van der Waals surface area (Å²) in [4.78, 5) is 4.28. The van der Waals surface area contributed by atoms with Crippen LogP contribution in [0, 0.1) is 5.92 Å². The van der Waals surface area contributed by atoms with Gasteiger partial charge in [0.25, 0.3) is 0 Å². The number of pyridine rings is 1. The van der Waals surface area contributed by atoms with Crippen molar-refractivity contribution in [3.63, 3.8) is 0 Å². The van der Waals surface area contributed by atoms with E-state index in [1.165, 1.54) is 5.69 Å². The predicted octanol–water partition coefficient (Wildman–Crippen LogP) is 2.47. The van der Waals surface area contributed by atoms with E-state index in [0.29, 0.717) is 12.0 Å². The molecule has 3 heteroatoms. The van der Waals surface area contributed by atoms with Gasteiger partial charge in [-0.25, -0.2) is 4.98 Å². The van der Waals surface area contributed by atoms with Crippen LogP contribution in [0.25, 0.3) is 5.65 Å². The van der Waals surface area contributed by atoms with Gasteiger partial charge in [0.05, 0.1) is 0 Å². The largest absolute Gasteiger partial charge is 0.308 e. The Kier molecular flexibility index (Phi) is 3.25. The summed E-state index contributed by atoms with van der Waals surface area (Å²) >= 11 is 0. The first kappa shape index (κ1) is 11.1. The Morgan fingerprint density at radius 1 is 1.31 bits per heavy atom. The van der Waals surface area contributed by atoms with Crippen molar-refractivity contribution in [1.82, 2.24) is 14.7 Å². The van der Waals surface area contributed by atoms with Gasteiger partial charge in [0.15, 0.2) is 0 Å². The van der Waals surface area contributed by atoms with Crippen molar-refractivity contribution in [3.8, 4) is 0 Å². The zero-order chi connectivity index (χ0) is 11.5. The van der Waals surface area contributed by atoms with Crippen molar-refractivity contribution in [1.29, 1.82) is 0 Å². The standard InChI is InChI=1S/C13H19N3/c1-10(2)11(3)15-9-12-5-4-6-13-14-7-8-16(12)13/h4-8,10-11,15H,9H2,1-3H3. The Labute approximate surface area is 96.5 Å². The molecule has 0 saturated heterocycles. The molecule has 2 rings (SSSR count). The topological polar surface area (TPSA) is 29.3 Å². The highest BCUT2D eigenvalue weighted by Gasteiger charge is 2.07. The fourth-order valence-electron chi connectivity index (χ4n) is 1.65. The monoisotopic (exact) mass is 217 g/mol. The number of hydrogen-bond acceptors (Lipinski definition) is 2. The highest BCUT2D eigenvalue weighted by molar-refractivity contribution is 5.39. The second kappa shape index (κ2) is 4.66. The fraction of sp³-hybridized carbons (Fsp3) is 0.462. The fourth-order valence-corrected chi connectivity index (χ4v) is 1.65. The van der Waals surface area contributed by atoms with Gasteiger partial charge in [-0.15, -0.1) is 0 Å². The first-order valence-electron chi connectivity index (χ1n) is 5.83. The number of hydrogen-bond donors (Lipinski definition) is 1. The van der Waals surface area contributed by atoms with Crippen molar-refractivity contribution in [2.45, 2.75) is 33.4 Å². The van der Waals surface area contributed by atoms with Gasteiger partial charge in [-0.3, -0.25) is 0 Å². The van der Waals surface area contributed by atoms with Gasteiger partial charge < -0.3 is 9.72 Å². The van der Waals surface area contributed by atoms with Crippen LogP contribution in [0.1, 0.15) is 26.5 Å². The molecule has 0 aliphatic heterocycles. The first-order chi connectivity index (χ1) is 7.68. The van der Waals surface area contributed by atoms with E-state index in [1.54, 1.807) is 0 Å². The molecule has 0 aromatic carbocycles. The number of nitrogens with one attached hydrogen (secondary N) is 1. The lowest BCUT2D eigenvalue weighted by molar-refractivity contribution is 0.423. The second-order valence-corrected chi connectivity index (χ2v) is 4.59. The van der Waals surface area contributed by atoms with Gasteiger partial charge in [0.1, 0.15) is 5.65 Å². The Morgan fingerprint density at radius 3 is 2.88 bits per heavy atom. The molecule has 1 N–H and O–H groups in total. The zero-order valence-electron chi connectivity index (χ0n) is 10.1. The average Bonchev–Trinajstić information content (AvgIpc) is 2.73. The third kappa shape index (κ3) is 2.25. The molecule has 16 heavy (non-hydrogen) atoms. The van der Waals surface area contributed by atoms with Gasteiger partial charge in [0, 0.05) is 30.7 Å². The van der Waals surface area contributed by atoms with E-state index >= 15 is 0 Å². The SMILES string of the molecule is CC(C)C(C)NCc1cccc2nccn12. The summed E-state index contributed by atoms with van der Waals surface area (Å²) < 4.78 is 2.13. The smallest absolute Gasteiger partial charge is 0.136 e. The van der Waals surface area contributed by atoms with Crippen LogP contribution >= 0.6 is 0 Å². The lowest BCUT2D eigenvalue weighted by Crippen LogP contribution is -2.30. The maximum Gasteiger partial charge on any atom is 0.136 e. The van der Waals surface area contributed by atoms with Crippen LogP contribution in [0.5, 0.6) is 0 Å². The maximum atomic E-state index is 4.28. The van der Waals surface area contributed by atoms with E-state index < -0.39 is 0 Å². The summed E-state index contributed by atoms with van der Waals surface area (Å²) in [5.74, 6) is 0.655. The van der Waals surface area contributed by atoms with Crippen LogP contribution in [0.2, 0.25) is 0 Å². The van der Waals surface area contributed by atoms with Crippen molar-refractivity contribution >= 4 is 5.65 Å². The van der Waals surface area contributed by atoms with Crippen LogP contribution in [-0.2, 0) is 6.54 Å². The van der Waals surface area contributed by atoms with Crippen LogP contribution in [0.4, 0.5) is 0 Å². The summed E-state index contributed by atoms with van der Waals surface area (Å²) in [6, 6.07) is 6.74. The minimum absolute atomic E-state index is 0.527. The Balaban J connectivity index is 2.12. The summed E-state index contributed by atoms with van der Waals surface area (Å²) in [5.41, 5.74) is 2.26. The Hall–Kier alpha value is -1.35. The molecule has 0 amide bonds. The van der Waals surface area contributed by atoms with E-state index in [9.17, 15) is 0 Å². The van der Waals surface area contributed by atoms with Crippen LogP contribution < -0.4 is 5.32 Å². The van der Waals surface area contributed by atoms with Crippen molar-refractivity contribution in [2.75, 3.05) is 0 Å². The second-order valence-electron chi connectivity index (χ2n) is 4.59. The minimum Gasteiger partial charge on any atom is -0.308 e. The third-order valence-corrected chi connectivity index (χ3v) is 3.12. The molecular weight excluding hydrogens is 198 g/mol. The number of aromatic nitrogens is 2.